The molecule has 2 aromatic rings. The Kier molecular flexibility index (Phi) is 3.95. The molecule has 0 aliphatic rings. The van der Waals surface area contributed by atoms with Gasteiger partial charge in [0, 0.05) is 0 Å². The Morgan fingerprint density at radius 3 is 2.40 bits per heavy atom. The Morgan fingerprint density at radius 1 is 1.05 bits per heavy atom. The summed E-state index contributed by atoms with van der Waals surface area (Å²) < 4.78 is 18.3. The van der Waals surface area contributed by atoms with Gasteiger partial charge in [0.25, 0.3) is 0 Å². The maximum Gasteiger partial charge on any atom is 0.417 e. The quantitative estimate of drug-likeness (QED) is 0.902. The predicted molar refractivity (Wildman–Crippen MR) is 69.4 cm³/mol. The van der Waals surface area contributed by atoms with Crippen molar-refractivity contribution in [1.82, 2.24) is 0 Å². The lowest BCUT2D eigenvalue weighted by molar-refractivity contribution is 0.0693. The highest BCUT2D eigenvalue weighted by atomic mass is 19.1. The highest BCUT2D eigenvalue weighted by Gasteiger charge is 2.17. The maximum absolute atomic E-state index is 13.4. The largest absolute Gasteiger partial charge is 0.478 e. The summed E-state index contributed by atoms with van der Waals surface area (Å²) in [4.78, 5) is 22.6. The summed E-state index contributed by atoms with van der Waals surface area (Å²) >= 11 is 0. The molecule has 0 saturated heterocycles. The summed E-state index contributed by atoms with van der Waals surface area (Å²) in [5.74, 6) is -2.12. The molecule has 1 amide bonds. The molecule has 20 heavy (non-hydrogen) atoms. The average Bonchev–Trinajstić information content (AvgIpc) is 2.39. The van der Waals surface area contributed by atoms with Crippen LogP contribution in [0.3, 0.4) is 0 Å². The number of carboxylic acids is 1. The third-order valence-corrected chi connectivity index (χ3v) is 2.42. The number of amides is 1. The summed E-state index contributed by atoms with van der Waals surface area (Å²) in [6.07, 6.45) is -0.899. The van der Waals surface area contributed by atoms with Gasteiger partial charge in [-0.1, -0.05) is 24.3 Å². The van der Waals surface area contributed by atoms with Crippen LogP contribution < -0.4 is 10.1 Å². The van der Waals surface area contributed by atoms with E-state index in [9.17, 15) is 14.0 Å². The summed E-state index contributed by atoms with van der Waals surface area (Å²) in [6.45, 7) is 0. The molecule has 0 unspecified atom stereocenters. The van der Waals surface area contributed by atoms with Gasteiger partial charge in [0.1, 0.15) is 17.1 Å². The zero-order chi connectivity index (χ0) is 14.5. The van der Waals surface area contributed by atoms with Gasteiger partial charge >= 0.3 is 12.1 Å². The van der Waals surface area contributed by atoms with Crippen LogP contribution in [0.5, 0.6) is 5.75 Å². The highest BCUT2D eigenvalue weighted by Crippen LogP contribution is 2.19. The minimum atomic E-state index is -1.47. The van der Waals surface area contributed by atoms with Crippen LogP contribution in [0, 0.1) is 5.82 Å². The van der Waals surface area contributed by atoms with Crippen molar-refractivity contribution in [3.05, 3.63) is 59.9 Å². The molecule has 0 aliphatic carbocycles. The SMILES string of the molecule is O=C(Nc1cccc(F)c1C(=O)O)Oc1ccccc1. The maximum atomic E-state index is 13.4. The Hall–Kier alpha value is -2.89. The van der Waals surface area contributed by atoms with Crippen molar-refractivity contribution in [2.24, 2.45) is 0 Å². The molecule has 6 heteroatoms. The molecule has 0 heterocycles. The molecule has 2 aromatic carbocycles. The molecule has 0 aliphatic heterocycles. The molecule has 0 bridgehead atoms. The van der Waals surface area contributed by atoms with E-state index in [-0.39, 0.29) is 5.69 Å². The Morgan fingerprint density at radius 2 is 1.75 bits per heavy atom. The topological polar surface area (TPSA) is 75.6 Å². The summed E-state index contributed by atoms with van der Waals surface area (Å²) in [7, 11) is 0. The monoisotopic (exact) mass is 275 g/mol. The van der Waals surface area contributed by atoms with Crippen molar-refractivity contribution in [2.75, 3.05) is 5.32 Å². The summed E-state index contributed by atoms with van der Waals surface area (Å²) in [6, 6.07) is 11.8. The number of para-hydroxylation sites is 1. The molecule has 0 spiro atoms. The normalized spacial score (nSPS) is 9.85. The van der Waals surface area contributed by atoms with Crippen molar-refractivity contribution < 1.29 is 23.8 Å². The van der Waals surface area contributed by atoms with Crippen molar-refractivity contribution in [2.45, 2.75) is 0 Å². The first-order valence-corrected chi connectivity index (χ1v) is 5.63. The number of carbonyl (C=O) groups is 2. The first kappa shape index (κ1) is 13.5. The number of carboxylic acid groups (broad SMARTS) is 1. The van der Waals surface area contributed by atoms with Gasteiger partial charge in [-0.25, -0.2) is 14.0 Å². The summed E-state index contributed by atoms with van der Waals surface area (Å²) in [5.41, 5.74) is -0.782. The number of nitrogens with one attached hydrogen (secondary N) is 1. The first-order chi connectivity index (χ1) is 9.58. The van der Waals surface area contributed by atoms with Gasteiger partial charge in [0.15, 0.2) is 0 Å². The van der Waals surface area contributed by atoms with Crippen molar-refractivity contribution >= 4 is 17.7 Å². The van der Waals surface area contributed by atoms with Gasteiger partial charge in [-0.2, -0.15) is 0 Å². The van der Waals surface area contributed by atoms with Gasteiger partial charge in [-0.05, 0) is 24.3 Å². The van der Waals surface area contributed by atoms with E-state index in [0.717, 1.165) is 6.07 Å². The van der Waals surface area contributed by atoms with Crippen LogP contribution in [0.1, 0.15) is 10.4 Å². The number of benzene rings is 2. The second-order valence-electron chi connectivity index (χ2n) is 3.80. The smallest absolute Gasteiger partial charge is 0.417 e. The molecule has 0 fully saturated rings. The van der Waals surface area contributed by atoms with Crippen LogP contribution in [0.25, 0.3) is 0 Å². The number of hydrogen-bond acceptors (Lipinski definition) is 3. The second kappa shape index (κ2) is 5.83. The van der Waals surface area contributed by atoms with Gasteiger partial charge in [0.05, 0.1) is 5.69 Å². The Balaban J connectivity index is 2.16. The van der Waals surface area contributed by atoms with E-state index in [0.29, 0.717) is 5.75 Å². The fourth-order valence-corrected chi connectivity index (χ4v) is 1.58. The van der Waals surface area contributed by atoms with E-state index in [1.54, 1.807) is 30.3 Å². The molecule has 0 atom stereocenters. The highest BCUT2D eigenvalue weighted by molar-refractivity contribution is 5.99. The Labute approximate surface area is 113 Å². The second-order valence-corrected chi connectivity index (χ2v) is 3.80. The number of halogens is 1. The van der Waals surface area contributed by atoms with Crippen LogP contribution >= 0.6 is 0 Å². The fraction of sp³-hybridized carbons (Fsp3) is 0. The minimum Gasteiger partial charge on any atom is -0.478 e. The average molecular weight is 275 g/mol. The molecule has 0 radical (unpaired) electrons. The molecule has 2 rings (SSSR count). The zero-order valence-electron chi connectivity index (χ0n) is 10.2. The van der Waals surface area contributed by atoms with E-state index < -0.39 is 23.4 Å². The Bertz CT molecular complexity index is 643. The number of aromatic carboxylic acids is 1. The molecule has 5 nitrogen and oxygen atoms in total. The van der Waals surface area contributed by atoms with E-state index in [1.807, 2.05) is 0 Å². The van der Waals surface area contributed by atoms with E-state index >= 15 is 0 Å². The lowest BCUT2D eigenvalue weighted by Crippen LogP contribution is -2.19. The van der Waals surface area contributed by atoms with Crippen LogP contribution in [-0.2, 0) is 0 Å². The third kappa shape index (κ3) is 3.11. The molecular formula is C14H10FNO4. The van der Waals surface area contributed by atoms with Crippen LogP contribution in [0.4, 0.5) is 14.9 Å². The predicted octanol–water partition coefficient (Wildman–Crippen LogP) is 3.13. The van der Waals surface area contributed by atoms with Crippen molar-refractivity contribution in [1.29, 1.82) is 0 Å². The van der Waals surface area contributed by atoms with E-state index in [1.165, 1.54) is 12.1 Å². The zero-order valence-corrected chi connectivity index (χ0v) is 10.2. The molecule has 0 saturated carbocycles. The lowest BCUT2D eigenvalue weighted by atomic mass is 10.1. The molecule has 102 valence electrons. The fourth-order valence-electron chi connectivity index (χ4n) is 1.58. The van der Waals surface area contributed by atoms with Gasteiger partial charge in [0.2, 0.25) is 0 Å². The number of anilines is 1. The minimum absolute atomic E-state index is 0.168. The van der Waals surface area contributed by atoms with Crippen LogP contribution in [0.2, 0.25) is 0 Å². The summed E-state index contributed by atoms with van der Waals surface area (Å²) in [5, 5.41) is 11.1. The van der Waals surface area contributed by atoms with Gasteiger partial charge < -0.3 is 9.84 Å². The number of rotatable bonds is 3. The molecule has 0 aromatic heterocycles. The standard InChI is InChI=1S/C14H10FNO4/c15-10-7-4-8-11(12(10)13(17)18)16-14(19)20-9-5-2-1-3-6-9/h1-8H,(H,16,19)(H,17,18). The number of ether oxygens (including phenoxy) is 1. The first-order valence-electron chi connectivity index (χ1n) is 5.63. The lowest BCUT2D eigenvalue weighted by Gasteiger charge is -2.09. The van der Waals surface area contributed by atoms with Gasteiger partial charge in [-0.3, -0.25) is 5.32 Å². The number of carbonyl (C=O) groups excluding carboxylic acids is 1. The third-order valence-electron chi connectivity index (χ3n) is 2.42. The van der Waals surface area contributed by atoms with Crippen LogP contribution in [-0.4, -0.2) is 17.2 Å². The molecule has 2 N–H and O–H groups in total. The van der Waals surface area contributed by atoms with Crippen molar-refractivity contribution in [3.8, 4) is 5.75 Å². The van der Waals surface area contributed by atoms with Crippen LogP contribution in [0.15, 0.2) is 48.5 Å². The number of hydrogen-bond donors (Lipinski definition) is 2. The van der Waals surface area contributed by atoms with Crippen molar-refractivity contribution in [3.63, 3.8) is 0 Å². The van der Waals surface area contributed by atoms with E-state index in [4.69, 9.17) is 9.84 Å². The van der Waals surface area contributed by atoms with Gasteiger partial charge in [-0.15, -0.1) is 0 Å². The molecular weight excluding hydrogens is 265 g/mol. The van der Waals surface area contributed by atoms with E-state index in [2.05, 4.69) is 5.32 Å².